The van der Waals surface area contributed by atoms with Gasteiger partial charge in [-0.1, -0.05) is 6.92 Å². The molecule has 0 atom stereocenters. The number of nitrogens with zero attached hydrogens (tertiary/aromatic N) is 1. The lowest BCUT2D eigenvalue weighted by atomic mass is 10.1. The largest absolute Gasteiger partial charge is 0.309 e. The number of hydrogen-bond acceptors (Lipinski definition) is 4. The van der Waals surface area contributed by atoms with Crippen molar-refractivity contribution in [1.29, 1.82) is 10.8 Å². The minimum absolute atomic E-state index is 0.0415. The topological polar surface area (TPSA) is 68.0 Å². The third-order valence-electron chi connectivity index (χ3n) is 1.93. The van der Waals surface area contributed by atoms with Crippen LogP contribution in [0.15, 0.2) is 0 Å². The fraction of sp³-hybridized carbons (Fsp3) is 0.700. The Balaban J connectivity index is 3.85. The molecule has 2 N–H and O–H groups in total. The van der Waals surface area contributed by atoms with Gasteiger partial charge in [-0.3, -0.25) is 4.79 Å². The quantitative estimate of drug-likeness (QED) is 0.605. The lowest BCUT2D eigenvalue weighted by Crippen LogP contribution is -2.23. The summed E-state index contributed by atoms with van der Waals surface area (Å²) in [4.78, 5) is 13.3. The summed E-state index contributed by atoms with van der Waals surface area (Å²) in [5.41, 5.74) is 0.110. The maximum Gasteiger partial charge on any atom is 0.219 e. The van der Waals surface area contributed by atoms with Crippen molar-refractivity contribution in [2.24, 2.45) is 0 Å². The third kappa shape index (κ3) is 4.87. The second kappa shape index (κ2) is 6.43. The lowest BCUT2D eigenvalue weighted by Gasteiger charge is -2.08. The normalized spacial score (nSPS) is 10.3. The number of carbonyl (C=O) groups is 1. The van der Waals surface area contributed by atoms with Crippen molar-refractivity contribution >= 4 is 17.2 Å². The summed E-state index contributed by atoms with van der Waals surface area (Å²) in [7, 11) is 3.92. The minimum Gasteiger partial charge on any atom is -0.309 e. The second-order valence-electron chi connectivity index (χ2n) is 3.55. The smallest absolute Gasteiger partial charge is 0.219 e. The van der Waals surface area contributed by atoms with Crippen LogP contribution < -0.4 is 0 Å². The average molecular weight is 197 g/mol. The maximum atomic E-state index is 11.3. The van der Waals surface area contributed by atoms with E-state index < -0.39 is 5.78 Å². The molecule has 0 unspecified atom stereocenters. The highest BCUT2D eigenvalue weighted by Gasteiger charge is 2.12. The zero-order chi connectivity index (χ0) is 11.1. The van der Waals surface area contributed by atoms with E-state index in [4.69, 9.17) is 10.8 Å². The van der Waals surface area contributed by atoms with Crippen LogP contribution in [0, 0.1) is 10.8 Å². The summed E-state index contributed by atoms with van der Waals surface area (Å²) in [6.07, 6.45) is 1.68. The van der Waals surface area contributed by atoms with Crippen LogP contribution in [0.4, 0.5) is 0 Å². The molecule has 0 spiro atoms. The average Bonchev–Trinajstić information content (AvgIpc) is 2.14. The van der Waals surface area contributed by atoms with E-state index in [1.54, 1.807) is 6.92 Å². The maximum absolute atomic E-state index is 11.3. The Morgan fingerprint density at radius 3 is 2.21 bits per heavy atom. The van der Waals surface area contributed by atoms with Crippen molar-refractivity contribution in [3.63, 3.8) is 0 Å². The molecule has 14 heavy (non-hydrogen) atoms. The Morgan fingerprint density at radius 2 is 1.79 bits per heavy atom. The molecule has 0 aliphatic carbocycles. The molecule has 0 aromatic carbocycles. The van der Waals surface area contributed by atoms with Crippen molar-refractivity contribution in [3.05, 3.63) is 0 Å². The zero-order valence-electron chi connectivity index (χ0n) is 9.18. The first-order valence-corrected chi connectivity index (χ1v) is 4.83. The van der Waals surface area contributed by atoms with Gasteiger partial charge < -0.3 is 15.7 Å². The molecular weight excluding hydrogens is 178 g/mol. The highest BCUT2D eigenvalue weighted by molar-refractivity contribution is 6.65. The van der Waals surface area contributed by atoms with Crippen LogP contribution >= 0.6 is 0 Å². The number of carbonyl (C=O) groups excluding carboxylic acids is 1. The van der Waals surface area contributed by atoms with Crippen LogP contribution in [0.2, 0.25) is 0 Å². The SMILES string of the molecule is CCC(=N)C(=O)C(=N)CCCN(C)C. The van der Waals surface area contributed by atoms with Gasteiger partial charge in [-0.15, -0.1) is 0 Å². The first-order chi connectivity index (χ1) is 6.49. The van der Waals surface area contributed by atoms with Gasteiger partial charge in [0.1, 0.15) is 0 Å². The standard InChI is InChI=1S/C10H19N3O/c1-4-8(11)10(14)9(12)6-5-7-13(2)3/h11-12H,4-7H2,1-3H3. The summed E-state index contributed by atoms with van der Waals surface area (Å²) in [6.45, 7) is 2.63. The summed E-state index contributed by atoms with van der Waals surface area (Å²) in [5, 5.41) is 14.8. The molecule has 0 bridgehead atoms. The Labute approximate surface area is 85.3 Å². The molecule has 0 fully saturated rings. The molecule has 80 valence electrons. The van der Waals surface area contributed by atoms with Gasteiger partial charge in [-0.2, -0.15) is 0 Å². The Morgan fingerprint density at radius 1 is 1.21 bits per heavy atom. The number of Topliss-reactive ketones (excluding diaryl/α,β-unsaturated/α-hetero) is 1. The number of rotatable bonds is 7. The molecule has 0 radical (unpaired) electrons. The summed E-state index contributed by atoms with van der Waals surface area (Å²) < 4.78 is 0. The molecule has 0 saturated carbocycles. The van der Waals surface area contributed by atoms with E-state index in [1.807, 2.05) is 19.0 Å². The van der Waals surface area contributed by atoms with Crippen LogP contribution in [0.3, 0.4) is 0 Å². The molecule has 0 rings (SSSR count). The van der Waals surface area contributed by atoms with Crippen LogP contribution in [0.5, 0.6) is 0 Å². The molecular formula is C10H19N3O. The zero-order valence-corrected chi connectivity index (χ0v) is 9.18. The van der Waals surface area contributed by atoms with Crippen molar-refractivity contribution < 1.29 is 4.79 Å². The minimum atomic E-state index is -0.397. The third-order valence-corrected chi connectivity index (χ3v) is 1.93. The highest BCUT2D eigenvalue weighted by Crippen LogP contribution is 1.97. The van der Waals surface area contributed by atoms with E-state index in [0.717, 1.165) is 13.0 Å². The summed E-state index contributed by atoms with van der Waals surface area (Å²) in [6, 6.07) is 0. The molecule has 0 aromatic rings. The van der Waals surface area contributed by atoms with Crippen LogP contribution in [-0.2, 0) is 4.79 Å². The van der Waals surface area contributed by atoms with E-state index in [2.05, 4.69) is 0 Å². The highest BCUT2D eigenvalue weighted by atomic mass is 16.1. The fourth-order valence-corrected chi connectivity index (χ4v) is 1.03. The fourth-order valence-electron chi connectivity index (χ4n) is 1.03. The van der Waals surface area contributed by atoms with E-state index in [9.17, 15) is 4.79 Å². The van der Waals surface area contributed by atoms with Crippen molar-refractivity contribution in [1.82, 2.24) is 4.90 Å². The molecule has 0 saturated heterocycles. The molecule has 4 nitrogen and oxygen atoms in total. The second-order valence-corrected chi connectivity index (χ2v) is 3.55. The molecule has 0 aliphatic rings. The van der Waals surface area contributed by atoms with Gasteiger partial charge in [0.25, 0.3) is 0 Å². The summed E-state index contributed by atoms with van der Waals surface area (Å²) >= 11 is 0. The number of nitrogens with one attached hydrogen (secondary N) is 2. The molecule has 0 amide bonds. The van der Waals surface area contributed by atoms with Gasteiger partial charge >= 0.3 is 0 Å². The predicted octanol–water partition coefficient (Wildman–Crippen LogP) is 1.35. The molecule has 0 heterocycles. The summed E-state index contributed by atoms with van der Waals surface area (Å²) in [5.74, 6) is -0.397. The van der Waals surface area contributed by atoms with E-state index in [1.165, 1.54) is 0 Å². The molecule has 4 heteroatoms. The van der Waals surface area contributed by atoms with Crippen molar-refractivity contribution in [3.8, 4) is 0 Å². The van der Waals surface area contributed by atoms with Gasteiger partial charge in [0.2, 0.25) is 5.78 Å². The first-order valence-electron chi connectivity index (χ1n) is 4.83. The van der Waals surface area contributed by atoms with Crippen LogP contribution in [-0.4, -0.2) is 42.7 Å². The van der Waals surface area contributed by atoms with Crippen LogP contribution in [0.25, 0.3) is 0 Å². The molecule has 0 aliphatic heterocycles. The Bertz CT molecular complexity index is 234. The number of ketones is 1. The van der Waals surface area contributed by atoms with E-state index in [0.29, 0.717) is 12.8 Å². The molecule has 0 aromatic heterocycles. The van der Waals surface area contributed by atoms with Gasteiger partial charge in [0.05, 0.1) is 11.4 Å². The van der Waals surface area contributed by atoms with Gasteiger partial charge in [-0.25, -0.2) is 0 Å². The Hall–Kier alpha value is -1.03. The van der Waals surface area contributed by atoms with Gasteiger partial charge in [-0.05, 0) is 39.9 Å². The Kier molecular flexibility index (Phi) is 5.95. The number of hydrogen-bond donors (Lipinski definition) is 2. The van der Waals surface area contributed by atoms with Gasteiger partial charge in [0, 0.05) is 0 Å². The van der Waals surface area contributed by atoms with Gasteiger partial charge in [0.15, 0.2) is 0 Å². The van der Waals surface area contributed by atoms with Crippen molar-refractivity contribution in [2.45, 2.75) is 26.2 Å². The first kappa shape index (κ1) is 13.0. The van der Waals surface area contributed by atoms with E-state index >= 15 is 0 Å². The predicted molar refractivity (Wildman–Crippen MR) is 58.5 cm³/mol. The van der Waals surface area contributed by atoms with Crippen molar-refractivity contribution in [2.75, 3.05) is 20.6 Å². The lowest BCUT2D eigenvalue weighted by molar-refractivity contribution is -0.107. The van der Waals surface area contributed by atoms with Crippen LogP contribution in [0.1, 0.15) is 26.2 Å². The van der Waals surface area contributed by atoms with E-state index in [-0.39, 0.29) is 11.4 Å². The monoisotopic (exact) mass is 197 g/mol.